The summed E-state index contributed by atoms with van der Waals surface area (Å²) in [7, 11) is 0. The van der Waals surface area contributed by atoms with Crippen LogP contribution >= 0.6 is 23.2 Å². The van der Waals surface area contributed by atoms with Crippen molar-refractivity contribution in [1.29, 1.82) is 0 Å². The van der Waals surface area contributed by atoms with E-state index in [1.165, 1.54) is 18.2 Å². The lowest BCUT2D eigenvalue weighted by atomic mass is 10.0. The molecule has 3 aromatic rings. The normalized spacial score (nSPS) is 11.2. The molecule has 0 aliphatic heterocycles. The number of pyridine rings is 1. The molecule has 0 aliphatic carbocycles. The van der Waals surface area contributed by atoms with Crippen LogP contribution in [0.2, 0.25) is 10.0 Å². The van der Waals surface area contributed by atoms with Crippen LogP contribution in [0.5, 0.6) is 0 Å². The summed E-state index contributed by atoms with van der Waals surface area (Å²) >= 11 is 11.8. The molecule has 4 nitrogen and oxygen atoms in total. The van der Waals surface area contributed by atoms with Gasteiger partial charge in [0.1, 0.15) is 5.71 Å². The van der Waals surface area contributed by atoms with Gasteiger partial charge in [0, 0.05) is 23.5 Å². The first-order valence-corrected chi connectivity index (χ1v) is 8.11. The average molecular weight is 371 g/mol. The Balaban J connectivity index is 1.91. The zero-order valence-corrected chi connectivity index (χ0v) is 14.4. The number of hydrogen-bond acceptors (Lipinski definition) is 4. The molecule has 3 rings (SSSR count). The van der Waals surface area contributed by atoms with Crippen LogP contribution < -0.4 is 0 Å². The molecule has 0 amide bonds. The van der Waals surface area contributed by atoms with Crippen molar-refractivity contribution < 1.29 is 9.63 Å². The largest absolute Gasteiger partial charge is 0.365 e. The summed E-state index contributed by atoms with van der Waals surface area (Å²) in [6.07, 6.45) is 3.29. The first-order chi connectivity index (χ1) is 12.1. The first kappa shape index (κ1) is 17.1. The van der Waals surface area contributed by atoms with Gasteiger partial charge in [-0.3, -0.25) is 4.98 Å². The van der Waals surface area contributed by atoms with Crippen molar-refractivity contribution in [3.05, 3.63) is 99.8 Å². The van der Waals surface area contributed by atoms with Gasteiger partial charge in [0.05, 0.1) is 15.6 Å². The Bertz CT molecular complexity index is 872. The van der Waals surface area contributed by atoms with Gasteiger partial charge in [-0.2, -0.15) is 0 Å². The molecule has 0 fully saturated rings. The second-order valence-corrected chi connectivity index (χ2v) is 5.86. The summed E-state index contributed by atoms with van der Waals surface area (Å²) in [5.41, 5.74) is 2.38. The van der Waals surface area contributed by atoms with Crippen molar-refractivity contribution in [2.24, 2.45) is 5.16 Å². The molecule has 0 saturated heterocycles. The third-order valence-electron chi connectivity index (χ3n) is 3.38. The molecule has 2 aromatic carbocycles. The highest BCUT2D eigenvalue weighted by Crippen LogP contribution is 2.23. The Labute approximate surface area is 154 Å². The van der Waals surface area contributed by atoms with Crippen LogP contribution in [0.3, 0.4) is 0 Å². The van der Waals surface area contributed by atoms with Crippen LogP contribution in [0, 0.1) is 0 Å². The number of carbonyl (C=O) groups excluding carboxylic acids is 1. The molecule has 0 bridgehead atoms. The van der Waals surface area contributed by atoms with E-state index in [0.29, 0.717) is 10.7 Å². The number of benzene rings is 2. The fraction of sp³-hybridized carbons (Fsp3) is 0. The highest BCUT2D eigenvalue weighted by Gasteiger charge is 2.12. The van der Waals surface area contributed by atoms with Crippen LogP contribution in [0.1, 0.15) is 21.5 Å². The monoisotopic (exact) mass is 370 g/mol. The van der Waals surface area contributed by atoms with Crippen LogP contribution in [-0.4, -0.2) is 16.7 Å². The lowest BCUT2D eigenvalue weighted by molar-refractivity contribution is 0.0517. The van der Waals surface area contributed by atoms with Crippen LogP contribution in [0.4, 0.5) is 0 Å². The molecular formula is C19H12Cl2N2O2. The standard InChI is InChI=1S/C19H12Cl2N2O2/c20-16-7-6-15(12-17(16)21)19(24)25-23-18(13-4-2-1-3-5-13)14-8-10-22-11-9-14/h1-12H. The fourth-order valence-corrected chi connectivity index (χ4v) is 2.44. The topological polar surface area (TPSA) is 51.5 Å². The van der Waals surface area contributed by atoms with E-state index in [0.717, 1.165) is 11.1 Å². The zero-order chi connectivity index (χ0) is 17.6. The predicted octanol–water partition coefficient (Wildman–Crippen LogP) is 5.00. The van der Waals surface area contributed by atoms with Crippen molar-refractivity contribution >= 4 is 34.9 Å². The highest BCUT2D eigenvalue weighted by molar-refractivity contribution is 6.42. The SMILES string of the molecule is O=C(ON=C(c1ccccc1)c1ccncc1)c1ccc(Cl)c(Cl)c1. The minimum atomic E-state index is -0.624. The number of nitrogens with zero attached hydrogens (tertiary/aromatic N) is 2. The second kappa shape index (κ2) is 7.92. The van der Waals surface area contributed by atoms with Crippen molar-refractivity contribution in [2.75, 3.05) is 0 Å². The summed E-state index contributed by atoms with van der Waals surface area (Å²) in [4.78, 5) is 21.3. The summed E-state index contributed by atoms with van der Waals surface area (Å²) in [6.45, 7) is 0. The summed E-state index contributed by atoms with van der Waals surface area (Å²) in [5.74, 6) is -0.624. The van der Waals surface area contributed by atoms with Gasteiger partial charge >= 0.3 is 5.97 Å². The van der Waals surface area contributed by atoms with Gasteiger partial charge in [0.15, 0.2) is 0 Å². The first-order valence-electron chi connectivity index (χ1n) is 7.35. The molecule has 124 valence electrons. The number of carbonyl (C=O) groups is 1. The Kier molecular flexibility index (Phi) is 5.43. The van der Waals surface area contributed by atoms with E-state index in [-0.39, 0.29) is 10.6 Å². The Morgan fingerprint density at radius 1 is 0.840 bits per heavy atom. The van der Waals surface area contributed by atoms with E-state index in [4.69, 9.17) is 28.0 Å². The van der Waals surface area contributed by atoms with Gasteiger partial charge in [-0.1, -0.05) is 58.7 Å². The third-order valence-corrected chi connectivity index (χ3v) is 4.12. The summed E-state index contributed by atoms with van der Waals surface area (Å²) in [5, 5.41) is 4.70. The van der Waals surface area contributed by atoms with Crippen molar-refractivity contribution in [2.45, 2.75) is 0 Å². The van der Waals surface area contributed by atoms with Crippen molar-refractivity contribution in [3.8, 4) is 0 Å². The van der Waals surface area contributed by atoms with E-state index >= 15 is 0 Å². The number of rotatable bonds is 4. The molecule has 0 N–H and O–H groups in total. The van der Waals surface area contributed by atoms with Gasteiger partial charge in [-0.25, -0.2) is 4.79 Å². The maximum absolute atomic E-state index is 12.2. The molecule has 0 saturated carbocycles. The van der Waals surface area contributed by atoms with Gasteiger partial charge in [0.2, 0.25) is 0 Å². The lowest BCUT2D eigenvalue weighted by Gasteiger charge is -2.07. The third kappa shape index (κ3) is 4.24. The number of aromatic nitrogens is 1. The lowest BCUT2D eigenvalue weighted by Crippen LogP contribution is -2.08. The van der Waals surface area contributed by atoms with Gasteiger partial charge in [-0.15, -0.1) is 0 Å². The Morgan fingerprint density at radius 3 is 2.20 bits per heavy atom. The molecule has 0 radical (unpaired) electrons. The molecule has 0 spiro atoms. The molecule has 6 heteroatoms. The molecule has 0 atom stereocenters. The average Bonchev–Trinajstić information content (AvgIpc) is 2.66. The number of oxime groups is 1. The highest BCUT2D eigenvalue weighted by atomic mass is 35.5. The molecule has 0 aliphatic rings. The quantitative estimate of drug-likeness (QED) is 0.369. The van der Waals surface area contributed by atoms with Gasteiger partial charge < -0.3 is 4.84 Å². The number of hydrogen-bond donors (Lipinski definition) is 0. The van der Waals surface area contributed by atoms with Crippen LogP contribution in [0.25, 0.3) is 0 Å². The molecule has 0 unspecified atom stereocenters. The zero-order valence-electron chi connectivity index (χ0n) is 12.9. The van der Waals surface area contributed by atoms with E-state index in [1.54, 1.807) is 24.5 Å². The van der Waals surface area contributed by atoms with Crippen molar-refractivity contribution in [1.82, 2.24) is 4.98 Å². The number of halogens is 2. The van der Waals surface area contributed by atoms with Crippen molar-refractivity contribution in [3.63, 3.8) is 0 Å². The molecular weight excluding hydrogens is 359 g/mol. The predicted molar refractivity (Wildman–Crippen MR) is 98.2 cm³/mol. The van der Waals surface area contributed by atoms with Crippen LogP contribution in [-0.2, 0) is 4.84 Å². The minimum absolute atomic E-state index is 0.264. The molecule has 25 heavy (non-hydrogen) atoms. The second-order valence-electron chi connectivity index (χ2n) is 5.05. The van der Waals surface area contributed by atoms with Crippen LogP contribution in [0.15, 0.2) is 78.2 Å². The summed E-state index contributed by atoms with van der Waals surface area (Å²) < 4.78 is 0. The van der Waals surface area contributed by atoms with Gasteiger partial charge in [-0.05, 0) is 30.3 Å². The minimum Gasteiger partial charge on any atom is -0.312 e. The smallest absolute Gasteiger partial charge is 0.312 e. The maximum Gasteiger partial charge on any atom is 0.365 e. The summed E-state index contributed by atoms with van der Waals surface area (Å²) in [6, 6.07) is 17.5. The Morgan fingerprint density at radius 2 is 1.52 bits per heavy atom. The van der Waals surface area contributed by atoms with Gasteiger partial charge in [0.25, 0.3) is 0 Å². The fourth-order valence-electron chi connectivity index (χ4n) is 2.14. The Hall–Kier alpha value is -2.69. The van der Waals surface area contributed by atoms with E-state index in [2.05, 4.69) is 10.1 Å². The molecule has 1 heterocycles. The van der Waals surface area contributed by atoms with E-state index in [1.807, 2.05) is 30.3 Å². The van der Waals surface area contributed by atoms with E-state index in [9.17, 15) is 4.79 Å². The molecule has 1 aromatic heterocycles. The van der Waals surface area contributed by atoms with E-state index < -0.39 is 5.97 Å². The maximum atomic E-state index is 12.2.